The fourth-order valence-electron chi connectivity index (χ4n) is 3.13. The predicted molar refractivity (Wildman–Crippen MR) is 96.4 cm³/mol. The summed E-state index contributed by atoms with van der Waals surface area (Å²) in [4.78, 5) is 26.6. The lowest BCUT2D eigenvalue weighted by molar-refractivity contribution is 0.0342. The van der Waals surface area contributed by atoms with Crippen LogP contribution >= 0.6 is 0 Å². The summed E-state index contributed by atoms with van der Waals surface area (Å²) in [6.45, 7) is 6.12. The molecular weight excluding hydrogens is 316 g/mol. The maximum absolute atomic E-state index is 12.6. The number of hydrogen-bond acceptors (Lipinski definition) is 5. The van der Waals surface area contributed by atoms with Crippen molar-refractivity contribution in [3.63, 3.8) is 0 Å². The van der Waals surface area contributed by atoms with Gasteiger partial charge in [-0.3, -0.25) is 14.7 Å². The second-order valence-electron chi connectivity index (χ2n) is 6.34. The third kappa shape index (κ3) is 3.45. The molecule has 2 aromatic heterocycles. The summed E-state index contributed by atoms with van der Waals surface area (Å²) in [7, 11) is 0. The molecule has 6 heteroatoms. The number of aryl methyl sites for hydroxylation is 1. The molecule has 128 valence electrons. The Hall–Kier alpha value is -2.57. The van der Waals surface area contributed by atoms with Gasteiger partial charge in [0, 0.05) is 37.1 Å². The molecule has 4 rings (SSSR count). The van der Waals surface area contributed by atoms with Crippen molar-refractivity contribution in [3.8, 4) is 11.4 Å². The van der Waals surface area contributed by atoms with Gasteiger partial charge < -0.3 is 9.72 Å². The van der Waals surface area contributed by atoms with Crippen molar-refractivity contribution < 1.29 is 4.74 Å². The van der Waals surface area contributed by atoms with Crippen LogP contribution in [-0.4, -0.2) is 46.2 Å². The first-order chi connectivity index (χ1) is 12.2. The molecule has 25 heavy (non-hydrogen) atoms. The van der Waals surface area contributed by atoms with Crippen LogP contribution in [0.1, 0.15) is 11.3 Å². The monoisotopic (exact) mass is 336 g/mol. The Bertz CT molecular complexity index is 961. The van der Waals surface area contributed by atoms with Crippen molar-refractivity contribution in [3.05, 3.63) is 58.1 Å². The summed E-state index contributed by atoms with van der Waals surface area (Å²) in [5.41, 5.74) is 3.47. The van der Waals surface area contributed by atoms with Crippen LogP contribution in [0.2, 0.25) is 0 Å². The summed E-state index contributed by atoms with van der Waals surface area (Å²) >= 11 is 0. The van der Waals surface area contributed by atoms with E-state index >= 15 is 0 Å². The van der Waals surface area contributed by atoms with Crippen LogP contribution in [0, 0.1) is 6.92 Å². The molecule has 0 aliphatic carbocycles. The highest BCUT2D eigenvalue weighted by molar-refractivity contribution is 5.80. The Labute approximate surface area is 145 Å². The number of aromatic amines is 1. The van der Waals surface area contributed by atoms with Gasteiger partial charge in [0.15, 0.2) is 0 Å². The zero-order valence-electron chi connectivity index (χ0n) is 14.2. The number of fused-ring (bicyclic) bond motifs is 1. The van der Waals surface area contributed by atoms with Crippen LogP contribution < -0.4 is 5.56 Å². The number of rotatable bonds is 3. The number of nitrogens with zero attached hydrogens (tertiary/aromatic N) is 3. The molecule has 0 bridgehead atoms. The Kier molecular flexibility index (Phi) is 4.29. The predicted octanol–water partition coefficient (Wildman–Crippen LogP) is 2.13. The number of ether oxygens (including phenoxy) is 1. The molecule has 1 saturated heterocycles. The Morgan fingerprint density at radius 2 is 2.04 bits per heavy atom. The molecule has 1 N–H and O–H groups in total. The Morgan fingerprint density at radius 3 is 2.84 bits per heavy atom. The van der Waals surface area contributed by atoms with Crippen molar-refractivity contribution in [1.82, 2.24) is 19.9 Å². The highest BCUT2D eigenvalue weighted by Gasteiger charge is 2.12. The number of nitrogens with one attached hydrogen (secondary N) is 1. The maximum Gasteiger partial charge on any atom is 0.259 e. The van der Waals surface area contributed by atoms with E-state index in [4.69, 9.17) is 4.74 Å². The quantitative estimate of drug-likeness (QED) is 0.793. The summed E-state index contributed by atoms with van der Waals surface area (Å²) in [5, 5.41) is 0.625. The first-order valence-electron chi connectivity index (χ1n) is 8.45. The number of benzene rings is 1. The van der Waals surface area contributed by atoms with Gasteiger partial charge in [-0.05, 0) is 36.8 Å². The molecule has 0 radical (unpaired) electrons. The standard InChI is InChI=1S/C19H20N4O2/c1-13-10-15(4-5-20-13)18-21-17-3-2-14(11-16(17)19(24)22-18)12-23-6-8-25-9-7-23/h2-5,10-11H,6-9,12H2,1H3,(H,21,22,24). The largest absolute Gasteiger partial charge is 0.379 e. The minimum atomic E-state index is -0.113. The summed E-state index contributed by atoms with van der Waals surface area (Å²) < 4.78 is 5.38. The van der Waals surface area contributed by atoms with Gasteiger partial charge in [-0.1, -0.05) is 6.07 Å². The maximum atomic E-state index is 12.6. The topological polar surface area (TPSA) is 71.1 Å². The summed E-state index contributed by atoms with van der Waals surface area (Å²) in [6.07, 6.45) is 1.72. The lowest BCUT2D eigenvalue weighted by atomic mass is 10.1. The van der Waals surface area contributed by atoms with Gasteiger partial charge >= 0.3 is 0 Å². The van der Waals surface area contributed by atoms with Crippen LogP contribution in [0.5, 0.6) is 0 Å². The van der Waals surface area contributed by atoms with Gasteiger partial charge in [0.1, 0.15) is 5.82 Å². The van der Waals surface area contributed by atoms with E-state index in [1.807, 2.05) is 37.3 Å². The summed E-state index contributed by atoms with van der Waals surface area (Å²) in [5.74, 6) is 0.573. The molecule has 0 spiro atoms. The van der Waals surface area contributed by atoms with E-state index in [9.17, 15) is 4.79 Å². The molecule has 0 saturated carbocycles. The minimum Gasteiger partial charge on any atom is -0.379 e. The van der Waals surface area contributed by atoms with E-state index in [0.717, 1.165) is 49.7 Å². The number of pyridine rings is 1. The van der Waals surface area contributed by atoms with Gasteiger partial charge in [0.25, 0.3) is 5.56 Å². The fourth-order valence-corrected chi connectivity index (χ4v) is 3.13. The summed E-state index contributed by atoms with van der Waals surface area (Å²) in [6, 6.07) is 9.68. The molecule has 1 aliphatic rings. The highest BCUT2D eigenvalue weighted by atomic mass is 16.5. The third-order valence-corrected chi connectivity index (χ3v) is 4.45. The van der Waals surface area contributed by atoms with Crippen LogP contribution in [-0.2, 0) is 11.3 Å². The van der Waals surface area contributed by atoms with Crippen molar-refractivity contribution in [1.29, 1.82) is 0 Å². The highest BCUT2D eigenvalue weighted by Crippen LogP contribution is 2.18. The van der Waals surface area contributed by atoms with Crippen molar-refractivity contribution in [2.24, 2.45) is 0 Å². The molecule has 1 aliphatic heterocycles. The van der Waals surface area contributed by atoms with Gasteiger partial charge in [-0.15, -0.1) is 0 Å². The van der Waals surface area contributed by atoms with Crippen LogP contribution in [0.25, 0.3) is 22.3 Å². The first kappa shape index (κ1) is 15.9. The van der Waals surface area contributed by atoms with Gasteiger partial charge in [-0.25, -0.2) is 4.98 Å². The van der Waals surface area contributed by atoms with E-state index in [0.29, 0.717) is 16.7 Å². The zero-order chi connectivity index (χ0) is 17.2. The SMILES string of the molecule is Cc1cc(-c2nc3ccc(CN4CCOCC4)cc3c(=O)[nH]2)ccn1. The number of aromatic nitrogens is 3. The second-order valence-corrected chi connectivity index (χ2v) is 6.34. The lowest BCUT2D eigenvalue weighted by Gasteiger charge is -2.26. The van der Waals surface area contributed by atoms with Crippen molar-refractivity contribution >= 4 is 10.9 Å². The minimum absolute atomic E-state index is 0.113. The molecule has 1 aromatic carbocycles. The Morgan fingerprint density at radius 1 is 1.20 bits per heavy atom. The third-order valence-electron chi connectivity index (χ3n) is 4.45. The molecule has 0 unspecified atom stereocenters. The Balaban J connectivity index is 1.68. The van der Waals surface area contributed by atoms with Crippen molar-refractivity contribution in [2.75, 3.05) is 26.3 Å². The average molecular weight is 336 g/mol. The van der Waals surface area contributed by atoms with Gasteiger partial charge in [0.2, 0.25) is 0 Å². The smallest absolute Gasteiger partial charge is 0.259 e. The lowest BCUT2D eigenvalue weighted by Crippen LogP contribution is -2.35. The average Bonchev–Trinajstić information content (AvgIpc) is 2.63. The first-order valence-corrected chi connectivity index (χ1v) is 8.45. The molecule has 0 amide bonds. The van der Waals surface area contributed by atoms with Gasteiger partial charge in [0.05, 0.1) is 24.1 Å². The molecule has 1 fully saturated rings. The van der Waals surface area contributed by atoms with E-state index in [1.54, 1.807) is 6.20 Å². The molecule has 3 aromatic rings. The molecule has 6 nitrogen and oxygen atoms in total. The molecular formula is C19H20N4O2. The van der Waals surface area contributed by atoms with E-state index in [-0.39, 0.29) is 5.56 Å². The van der Waals surface area contributed by atoms with Crippen molar-refractivity contribution in [2.45, 2.75) is 13.5 Å². The van der Waals surface area contributed by atoms with E-state index < -0.39 is 0 Å². The van der Waals surface area contributed by atoms with Crippen LogP contribution in [0.4, 0.5) is 0 Å². The normalized spacial score (nSPS) is 15.6. The molecule has 0 atom stereocenters. The van der Waals surface area contributed by atoms with Crippen LogP contribution in [0.15, 0.2) is 41.3 Å². The zero-order valence-corrected chi connectivity index (χ0v) is 14.2. The molecule has 3 heterocycles. The number of morpholine rings is 1. The second kappa shape index (κ2) is 6.74. The van der Waals surface area contributed by atoms with Gasteiger partial charge in [-0.2, -0.15) is 0 Å². The fraction of sp³-hybridized carbons (Fsp3) is 0.316. The van der Waals surface area contributed by atoms with Crippen LogP contribution in [0.3, 0.4) is 0 Å². The van der Waals surface area contributed by atoms with E-state index in [2.05, 4.69) is 19.9 Å². The van der Waals surface area contributed by atoms with E-state index in [1.165, 1.54) is 0 Å². The number of hydrogen-bond donors (Lipinski definition) is 1. The number of H-pyrrole nitrogens is 1.